The number of fused-ring (bicyclic) bond motifs is 5. The first-order valence-electron chi connectivity index (χ1n) is 15.2. The SMILES string of the molecule is CC(C)CCC[C@@H](C)[C@H]1CC[C@H]2[C@@H]3CC=C4C(c5cccc(NN=O)c5)CCC[C@]4(C)[C@H]3CC[C@]12C. The van der Waals surface area contributed by atoms with Crippen LogP contribution in [0.2, 0.25) is 0 Å². The molecule has 1 unspecified atom stereocenters. The van der Waals surface area contributed by atoms with E-state index < -0.39 is 0 Å². The van der Waals surface area contributed by atoms with Crippen molar-refractivity contribution in [3.8, 4) is 0 Å². The summed E-state index contributed by atoms with van der Waals surface area (Å²) in [5, 5.41) is 2.91. The van der Waals surface area contributed by atoms with Crippen LogP contribution < -0.4 is 5.43 Å². The van der Waals surface area contributed by atoms with Crippen molar-refractivity contribution in [2.45, 2.75) is 111 Å². The van der Waals surface area contributed by atoms with Crippen molar-refractivity contribution >= 4 is 5.69 Å². The number of nitrogens with one attached hydrogen (secondary N) is 1. The van der Waals surface area contributed by atoms with Crippen LogP contribution in [0.5, 0.6) is 0 Å². The quantitative estimate of drug-likeness (QED) is 0.224. The van der Waals surface area contributed by atoms with Gasteiger partial charge >= 0.3 is 0 Å². The predicted molar refractivity (Wildman–Crippen MR) is 152 cm³/mol. The van der Waals surface area contributed by atoms with E-state index in [2.05, 4.69) is 69.6 Å². The molecule has 0 aromatic heterocycles. The molecule has 36 heavy (non-hydrogen) atoms. The lowest BCUT2D eigenvalue weighted by Crippen LogP contribution is -2.50. The molecule has 1 N–H and O–H groups in total. The van der Waals surface area contributed by atoms with Crippen LogP contribution in [0, 0.1) is 51.2 Å². The lowest BCUT2D eigenvalue weighted by molar-refractivity contribution is -0.0513. The van der Waals surface area contributed by atoms with Crippen molar-refractivity contribution in [2.75, 3.05) is 5.43 Å². The fourth-order valence-corrected chi connectivity index (χ4v) is 10.1. The number of anilines is 1. The van der Waals surface area contributed by atoms with Crippen molar-refractivity contribution in [1.82, 2.24) is 0 Å². The number of hydrogen-bond donors (Lipinski definition) is 1. The molecule has 0 aliphatic heterocycles. The molecule has 3 fully saturated rings. The summed E-state index contributed by atoms with van der Waals surface area (Å²) in [5.74, 6) is 5.75. The second-order valence-electron chi connectivity index (χ2n) is 14.0. The van der Waals surface area contributed by atoms with Gasteiger partial charge in [-0.05, 0) is 109 Å². The highest BCUT2D eigenvalue weighted by molar-refractivity contribution is 5.48. The van der Waals surface area contributed by atoms with Gasteiger partial charge in [0.25, 0.3) is 0 Å². The zero-order valence-corrected chi connectivity index (χ0v) is 23.6. The van der Waals surface area contributed by atoms with E-state index in [9.17, 15) is 4.91 Å². The Morgan fingerprint density at radius 3 is 2.64 bits per heavy atom. The van der Waals surface area contributed by atoms with Gasteiger partial charge in [0.15, 0.2) is 0 Å². The first-order chi connectivity index (χ1) is 17.3. The number of benzene rings is 1. The molecule has 0 bridgehead atoms. The minimum atomic E-state index is 0.334. The van der Waals surface area contributed by atoms with Crippen LogP contribution >= 0.6 is 0 Å². The molecule has 3 heteroatoms. The topological polar surface area (TPSA) is 41.5 Å². The van der Waals surface area contributed by atoms with Crippen molar-refractivity contribution < 1.29 is 0 Å². The average Bonchev–Trinajstić information content (AvgIpc) is 3.21. The van der Waals surface area contributed by atoms with Crippen LogP contribution in [0.1, 0.15) is 117 Å². The molecule has 0 saturated heterocycles. The summed E-state index contributed by atoms with van der Waals surface area (Å²) >= 11 is 0. The first-order valence-corrected chi connectivity index (χ1v) is 15.2. The van der Waals surface area contributed by atoms with Crippen LogP contribution in [-0.2, 0) is 0 Å². The van der Waals surface area contributed by atoms with Crippen LogP contribution in [0.4, 0.5) is 5.69 Å². The maximum atomic E-state index is 10.8. The van der Waals surface area contributed by atoms with E-state index in [-0.39, 0.29) is 0 Å². The first kappa shape index (κ1) is 26.0. The van der Waals surface area contributed by atoms with E-state index in [4.69, 9.17) is 0 Å². The molecule has 0 spiro atoms. The lowest BCUT2D eigenvalue weighted by atomic mass is 9.46. The normalized spacial score (nSPS) is 38.5. The van der Waals surface area contributed by atoms with E-state index in [1.807, 2.05) is 6.07 Å². The van der Waals surface area contributed by atoms with Crippen LogP contribution in [0.25, 0.3) is 0 Å². The van der Waals surface area contributed by atoms with Gasteiger partial charge in [-0.25, -0.2) is 5.43 Å². The third-order valence-electron chi connectivity index (χ3n) is 11.8. The number of nitroso groups, excluding NO2 is 1. The summed E-state index contributed by atoms with van der Waals surface area (Å²) in [6.07, 6.45) is 17.9. The van der Waals surface area contributed by atoms with Gasteiger partial charge in [0.1, 0.15) is 0 Å². The largest absolute Gasteiger partial charge is 0.242 e. The van der Waals surface area contributed by atoms with Gasteiger partial charge in [0.2, 0.25) is 0 Å². The number of rotatable bonds is 8. The summed E-state index contributed by atoms with van der Waals surface area (Å²) in [4.78, 5) is 10.8. The fraction of sp³-hybridized carbons (Fsp3) is 0.758. The van der Waals surface area contributed by atoms with Gasteiger partial charge in [0.05, 0.1) is 11.0 Å². The molecule has 198 valence electrons. The zero-order chi connectivity index (χ0) is 25.5. The summed E-state index contributed by atoms with van der Waals surface area (Å²) in [5.41, 5.74) is 7.40. The van der Waals surface area contributed by atoms with E-state index in [0.29, 0.717) is 16.7 Å². The minimum Gasteiger partial charge on any atom is -0.242 e. The van der Waals surface area contributed by atoms with Crippen molar-refractivity contribution in [3.05, 3.63) is 46.4 Å². The molecule has 4 aliphatic carbocycles. The fourth-order valence-electron chi connectivity index (χ4n) is 10.1. The Hall–Kier alpha value is -1.64. The van der Waals surface area contributed by atoms with Gasteiger partial charge in [0, 0.05) is 5.92 Å². The third kappa shape index (κ3) is 4.47. The Balaban J connectivity index is 1.37. The monoisotopic (exact) mass is 490 g/mol. The molecule has 1 aromatic rings. The van der Waals surface area contributed by atoms with E-state index in [1.54, 1.807) is 5.57 Å². The molecule has 0 amide bonds. The minimum absolute atomic E-state index is 0.334. The van der Waals surface area contributed by atoms with Crippen LogP contribution in [0.15, 0.2) is 41.2 Å². The highest BCUT2D eigenvalue weighted by Crippen LogP contribution is 2.68. The highest BCUT2D eigenvalue weighted by atomic mass is 16.3. The molecule has 0 heterocycles. The van der Waals surface area contributed by atoms with Crippen molar-refractivity contribution in [1.29, 1.82) is 0 Å². The van der Waals surface area contributed by atoms with Crippen LogP contribution in [0.3, 0.4) is 0 Å². The summed E-state index contributed by atoms with van der Waals surface area (Å²) in [7, 11) is 0. The zero-order valence-electron chi connectivity index (χ0n) is 23.6. The molecule has 1 aromatic carbocycles. The highest BCUT2D eigenvalue weighted by Gasteiger charge is 2.59. The van der Waals surface area contributed by atoms with Gasteiger partial charge < -0.3 is 0 Å². The van der Waals surface area contributed by atoms with Crippen LogP contribution in [-0.4, -0.2) is 0 Å². The molecule has 5 rings (SSSR count). The van der Waals surface area contributed by atoms with E-state index in [0.717, 1.165) is 41.2 Å². The molecule has 0 radical (unpaired) electrons. The Bertz CT molecular complexity index is 968. The maximum absolute atomic E-state index is 10.8. The smallest absolute Gasteiger partial charge is 0.0597 e. The van der Waals surface area contributed by atoms with E-state index >= 15 is 0 Å². The second kappa shape index (κ2) is 10.3. The van der Waals surface area contributed by atoms with Crippen molar-refractivity contribution in [3.63, 3.8) is 0 Å². The second-order valence-corrected chi connectivity index (χ2v) is 14.0. The third-order valence-corrected chi connectivity index (χ3v) is 11.8. The Morgan fingerprint density at radius 1 is 1.03 bits per heavy atom. The van der Waals surface area contributed by atoms with Gasteiger partial charge in [-0.1, -0.05) is 84.1 Å². The van der Waals surface area contributed by atoms with Gasteiger partial charge in [-0.15, -0.1) is 4.91 Å². The van der Waals surface area contributed by atoms with Gasteiger partial charge in [-0.3, -0.25) is 0 Å². The molecular formula is C33H50N2O. The average molecular weight is 491 g/mol. The Morgan fingerprint density at radius 2 is 1.86 bits per heavy atom. The molecule has 8 atom stereocenters. The van der Waals surface area contributed by atoms with Crippen molar-refractivity contribution in [2.24, 2.45) is 51.6 Å². The molecule has 4 aliphatic rings. The number of nitrogens with zero attached hydrogens (tertiary/aromatic N) is 1. The molecule has 3 saturated carbocycles. The summed E-state index contributed by atoms with van der Waals surface area (Å²) in [6, 6.07) is 8.44. The maximum Gasteiger partial charge on any atom is 0.0597 e. The van der Waals surface area contributed by atoms with E-state index in [1.165, 1.54) is 76.2 Å². The molecule has 3 nitrogen and oxygen atoms in total. The predicted octanol–water partition coefficient (Wildman–Crippen LogP) is 9.90. The van der Waals surface area contributed by atoms with Gasteiger partial charge in [-0.2, -0.15) is 0 Å². The lowest BCUT2D eigenvalue weighted by Gasteiger charge is -2.59. The Kier molecular flexibility index (Phi) is 7.40. The standard InChI is InChI=1S/C33H50N2O/c1-22(2)9-6-10-23(3)28-16-17-30-27-14-15-29-26(24-11-7-12-25(21-24)34-35-36)13-8-19-32(29,4)31(27)18-20-33(28,30)5/h7,11-12,15,21-23,26-28,30-31H,6,8-10,13-14,16-20H2,1-5H3,(H,34,36)/t23-,26?,27+,28-,30+,31+,32+,33-/m1/s1. The Labute approximate surface area is 220 Å². The summed E-state index contributed by atoms with van der Waals surface area (Å²) in [6.45, 7) is 12.7. The summed E-state index contributed by atoms with van der Waals surface area (Å²) < 4.78 is 0. The number of hydrogen-bond acceptors (Lipinski definition) is 2. The molecular weight excluding hydrogens is 440 g/mol. The number of allylic oxidation sites excluding steroid dienone is 2.